The highest BCUT2D eigenvalue weighted by Crippen LogP contribution is 2.24. The molecule has 2 heterocycles. The largest absolute Gasteiger partial charge is 0.337 e. The van der Waals surface area contributed by atoms with E-state index in [0.717, 1.165) is 17.0 Å². The Morgan fingerprint density at radius 2 is 2.06 bits per heavy atom. The Hall–Kier alpha value is -1.69. The molecular formula is C10H15N5O. The molecule has 0 aromatic carbocycles. The summed E-state index contributed by atoms with van der Waals surface area (Å²) in [6.45, 7) is 5.70. The number of nitrogens with two attached hydrogens (primary N) is 1. The van der Waals surface area contributed by atoms with E-state index in [0.29, 0.717) is 11.7 Å². The SMILES string of the molecule is Cc1nn(C)c(C)c1-c1noc(C(C)N)n1. The molecule has 16 heavy (non-hydrogen) atoms. The van der Waals surface area contributed by atoms with Crippen molar-refractivity contribution in [2.45, 2.75) is 26.8 Å². The van der Waals surface area contributed by atoms with Crippen LogP contribution in [0.2, 0.25) is 0 Å². The number of hydrogen-bond donors (Lipinski definition) is 1. The van der Waals surface area contributed by atoms with E-state index in [-0.39, 0.29) is 6.04 Å². The van der Waals surface area contributed by atoms with E-state index >= 15 is 0 Å². The predicted molar refractivity (Wildman–Crippen MR) is 58.6 cm³/mol. The quantitative estimate of drug-likeness (QED) is 0.821. The van der Waals surface area contributed by atoms with Crippen molar-refractivity contribution >= 4 is 0 Å². The first-order valence-electron chi connectivity index (χ1n) is 5.10. The number of nitrogens with zero attached hydrogens (tertiary/aromatic N) is 4. The fraction of sp³-hybridized carbons (Fsp3) is 0.500. The minimum Gasteiger partial charge on any atom is -0.337 e. The average molecular weight is 221 g/mol. The number of aryl methyl sites for hydroxylation is 2. The summed E-state index contributed by atoms with van der Waals surface area (Å²) in [5.74, 6) is 0.994. The molecule has 0 aliphatic heterocycles. The maximum Gasteiger partial charge on any atom is 0.243 e. The Balaban J connectivity index is 2.50. The van der Waals surface area contributed by atoms with Crippen LogP contribution >= 0.6 is 0 Å². The molecule has 1 unspecified atom stereocenters. The molecule has 86 valence electrons. The molecule has 0 fully saturated rings. The molecule has 1 atom stereocenters. The molecule has 0 radical (unpaired) electrons. The maximum absolute atomic E-state index is 5.67. The van der Waals surface area contributed by atoms with Crippen molar-refractivity contribution in [3.05, 3.63) is 17.3 Å². The molecule has 2 aromatic heterocycles. The zero-order valence-corrected chi connectivity index (χ0v) is 9.85. The normalized spacial score (nSPS) is 13.1. The molecule has 2 N–H and O–H groups in total. The molecule has 0 amide bonds. The third kappa shape index (κ3) is 1.61. The standard InChI is InChI=1S/C10H15N5O/c1-5(11)10-12-9(14-16-10)8-6(2)13-15(4)7(8)3/h5H,11H2,1-4H3. The van der Waals surface area contributed by atoms with Gasteiger partial charge < -0.3 is 10.3 Å². The lowest BCUT2D eigenvalue weighted by Gasteiger charge is -1.95. The van der Waals surface area contributed by atoms with Gasteiger partial charge in [0, 0.05) is 12.7 Å². The summed E-state index contributed by atoms with van der Waals surface area (Å²) in [4.78, 5) is 4.26. The zero-order chi connectivity index (χ0) is 11.9. The van der Waals surface area contributed by atoms with E-state index in [9.17, 15) is 0 Å². The smallest absolute Gasteiger partial charge is 0.243 e. The van der Waals surface area contributed by atoms with Crippen LogP contribution in [0.5, 0.6) is 0 Å². The molecule has 0 saturated heterocycles. The van der Waals surface area contributed by atoms with Crippen LogP contribution in [0.4, 0.5) is 0 Å². The first-order chi connectivity index (χ1) is 7.50. The van der Waals surface area contributed by atoms with Crippen molar-refractivity contribution in [3.8, 4) is 11.4 Å². The van der Waals surface area contributed by atoms with E-state index in [1.807, 2.05) is 20.9 Å². The van der Waals surface area contributed by atoms with Gasteiger partial charge in [0.05, 0.1) is 17.3 Å². The number of aromatic nitrogens is 4. The van der Waals surface area contributed by atoms with Crippen LogP contribution in [0, 0.1) is 13.8 Å². The van der Waals surface area contributed by atoms with Crippen LogP contribution in [-0.2, 0) is 7.05 Å². The lowest BCUT2D eigenvalue weighted by atomic mass is 10.2. The second-order valence-electron chi connectivity index (χ2n) is 3.91. The van der Waals surface area contributed by atoms with Gasteiger partial charge in [-0.05, 0) is 20.8 Å². The molecule has 0 saturated carbocycles. The third-order valence-corrected chi connectivity index (χ3v) is 2.56. The Labute approximate surface area is 93.4 Å². The summed E-state index contributed by atoms with van der Waals surface area (Å²) in [6, 6.07) is -0.251. The van der Waals surface area contributed by atoms with Gasteiger partial charge in [-0.2, -0.15) is 10.1 Å². The van der Waals surface area contributed by atoms with Crippen LogP contribution in [0.3, 0.4) is 0 Å². The van der Waals surface area contributed by atoms with Gasteiger partial charge in [-0.3, -0.25) is 4.68 Å². The molecule has 2 rings (SSSR count). The van der Waals surface area contributed by atoms with E-state index < -0.39 is 0 Å². The monoisotopic (exact) mass is 221 g/mol. The van der Waals surface area contributed by atoms with Gasteiger partial charge in [-0.25, -0.2) is 0 Å². The lowest BCUT2D eigenvalue weighted by Crippen LogP contribution is -2.04. The van der Waals surface area contributed by atoms with Crippen LogP contribution in [0.1, 0.15) is 30.2 Å². The molecule has 0 aliphatic carbocycles. The van der Waals surface area contributed by atoms with Gasteiger partial charge in [-0.15, -0.1) is 0 Å². The van der Waals surface area contributed by atoms with Gasteiger partial charge in [0.25, 0.3) is 0 Å². The van der Waals surface area contributed by atoms with Crippen molar-refractivity contribution in [1.29, 1.82) is 0 Å². The highest BCUT2D eigenvalue weighted by molar-refractivity contribution is 5.60. The van der Waals surface area contributed by atoms with Crippen molar-refractivity contribution in [2.75, 3.05) is 0 Å². The molecule has 2 aromatic rings. The van der Waals surface area contributed by atoms with E-state index in [1.54, 1.807) is 11.6 Å². The Morgan fingerprint density at radius 3 is 2.50 bits per heavy atom. The summed E-state index contributed by atoms with van der Waals surface area (Å²) in [6.07, 6.45) is 0. The number of rotatable bonds is 2. The Bertz CT molecular complexity index is 511. The average Bonchev–Trinajstić information content (AvgIpc) is 2.74. The molecule has 0 spiro atoms. The van der Waals surface area contributed by atoms with Gasteiger partial charge in [0.15, 0.2) is 0 Å². The Morgan fingerprint density at radius 1 is 1.38 bits per heavy atom. The first-order valence-corrected chi connectivity index (χ1v) is 5.10. The topological polar surface area (TPSA) is 82.8 Å². The van der Waals surface area contributed by atoms with Gasteiger partial charge in [0.2, 0.25) is 11.7 Å². The van der Waals surface area contributed by atoms with Gasteiger partial charge in [0.1, 0.15) is 0 Å². The predicted octanol–water partition coefficient (Wildman–Crippen LogP) is 1.11. The summed E-state index contributed by atoms with van der Waals surface area (Å²) >= 11 is 0. The summed E-state index contributed by atoms with van der Waals surface area (Å²) in [7, 11) is 1.89. The molecule has 0 bridgehead atoms. The first kappa shape index (κ1) is 10.8. The second-order valence-corrected chi connectivity index (χ2v) is 3.91. The third-order valence-electron chi connectivity index (χ3n) is 2.56. The molecule has 6 nitrogen and oxygen atoms in total. The highest BCUT2D eigenvalue weighted by atomic mass is 16.5. The van der Waals surface area contributed by atoms with Crippen molar-refractivity contribution < 1.29 is 4.52 Å². The van der Waals surface area contributed by atoms with E-state index in [2.05, 4.69) is 15.2 Å². The fourth-order valence-electron chi connectivity index (χ4n) is 1.62. The molecular weight excluding hydrogens is 206 g/mol. The lowest BCUT2D eigenvalue weighted by molar-refractivity contribution is 0.362. The van der Waals surface area contributed by atoms with Crippen molar-refractivity contribution in [1.82, 2.24) is 19.9 Å². The van der Waals surface area contributed by atoms with E-state index in [1.165, 1.54) is 0 Å². The number of hydrogen-bond acceptors (Lipinski definition) is 5. The van der Waals surface area contributed by atoms with Crippen molar-refractivity contribution in [2.24, 2.45) is 12.8 Å². The van der Waals surface area contributed by atoms with Crippen molar-refractivity contribution in [3.63, 3.8) is 0 Å². The Kier molecular flexibility index (Phi) is 2.51. The van der Waals surface area contributed by atoms with Crippen LogP contribution in [0.25, 0.3) is 11.4 Å². The minimum absolute atomic E-state index is 0.251. The second kappa shape index (κ2) is 3.71. The van der Waals surface area contributed by atoms with E-state index in [4.69, 9.17) is 10.3 Å². The van der Waals surface area contributed by atoms with Crippen LogP contribution in [0.15, 0.2) is 4.52 Å². The molecule has 6 heteroatoms. The summed E-state index contributed by atoms with van der Waals surface area (Å²) in [5.41, 5.74) is 8.48. The minimum atomic E-state index is -0.251. The summed E-state index contributed by atoms with van der Waals surface area (Å²) in [5, 5.41) is 8.23. The fourth-order valence-corrected chi connectivity index (χ4v) is 1.62. The summed E-state index contributed by atoms with van der Waals surface area (Å²) < 4.78 is 6.87. The molecule has 0 aliphatic rings. The highest BCUT2D eigenvalue weighted by Gasteiger charge is 2.18. The zero-order valence-electron chi connectivity index (χ0n) is 9.85. The van der Waals surface area contributed by atoms with Gasteiger partial charge >= 0.3 is 0 Å². The van der Waals surface area contributed by atoms with Crippen LogP contribution < -0.4 is 5.73 Å². The van der Waals surface area contributed by atoms with Gasteiger partial charge in [-0.1, -0.05) is 5.16 Å². The van der Waals surface area contributed by atoms with Crippen LogP contribution in [-0.4, -0.2) is 19.9 Å². The maximum atomic E-state index is 5.67.